The van der Waals surface area contributed by atoms with Gasteiger partial charge in [0.05, 0.1) is 6.04 Å². The van der Waals surface area contributed by atoms with E-state index in [0.29, 0.717) is 6.61 Å². The lowest BCUT2D eigenvalue weighted by molar-refractivity contribution is 0.156. The highest BCUT2D eigenvalue weighted by atomic mass is 35.5. The lowest BCUT2D eigenvalue weighted by Gasteiger charge is -2.22. The van der Waals surface area contributed by atoms with Gasteiger partial charge in [-0.2, -0.15) is 0 Å². The monoisotopic (exact) mass is 372 g/mol. The molecule has 0 bridgehead atoms. The molecule has 26 heavy (non-hydrogen) atoms. The van der Waals surface area contributed by atoms with E-state index in [1.165, 1.54) is 5.56 Å². The standard InChI is InChI=1S/C21H25ClN2O2/c1-23(15-17-9-11-19(22)12-10-17)13-5-6-14-24-20(16-26-21(24)25)18-7-3-2-4-8-18/h2-4,7-12,20H,5-6,13-16H2,1H3. The molecular formula is C21H25ClN2O2. The number of nitrogens with zero attached hydrogens (tertiary/aromatic N) is 2. The highest BCUT2D eigenvalue weighted by Gasteiger charge is 2.33. The van der Waals surface area contributed by atoms with E-state index in [0.717, 1.165) is 43.1 Å². The smallest absolute Gasteiger partial charge is 0.410 e. The molecule has 2 aromatic rings. The fourth-order valence-electron chi connectivity index (χ4n) is 3.29. The third-order valence-corrected chi connectivity index (χ3v) is 4.97. The summed E-state index contributed by atoms with van der Waals surface area (Å²) in [7, 11) is 2.12. The van der Waals surface area contributed by atoms with Crippen molar-refractivity contribution in [1.82, 2.24) is 9.80 Å². The van der Waals surface area contributed by atoms with Crippen molar-refractivity contribution in [1.29, 1.82) is 0 Å². The number of unbranched alkanes of at least 4 members (excludes halogenated alkanes) is 1. The molecule has 0 saturated carbocycles. The van der Waals surface area contributed by atoms with Gasteiger partial charge in [0.15, 0.2) is 0 Å². The number of carbonyl (C=O) groups is 1. The van der Waals surface area contributed by atoms with Gasteiger partial charge in [0, 0.05) is 18.1 Å². The summed E-state index contributed by atoms with van der Waals surface area (Å²) in [6.45, 7) is 3.06. The molecule has 1 heterocycles. The van der Waals surface area contributed by atoms with Crippen LogP contribution in [0.2, 0.25) is 5.02 Å². The lowest BCUT2D eigenvalue weighted by atomic mass is 10.1. The molecule has 0 aromatic heterocycles. The highest BCUT2D eigenvalue weighted by Crippen LogP contribution is 2.27. The van der Waals surface area contributed by atoms with E-state index in [9.17, 15) is 4.79 Å². The Labute approximate surface area is 160 Å². The van der Waals surface area contributed by atoms with Crippen LogP contribution in [0.4, 0.5) is 4.79 Å². The van der Waals surface area contributed by atoms with E-state index in [2.05, 4.69) is 36.2 Å². The van der Waals surface area contributed by atoms with Crippen LogP contribution in [-0.4, -0.2) is 42.6 Å². The molecule has 0 radical (unpaired) electrons. The SMILES string of the molecule is CN(CCCCN1C(=O)OCC1c1ccccc1)Cc1ccc(Cl)cc1. The molecule has 0 N–H and O–H groups in total. The summed E-state index contributed by atoms with van der Waals surface area (Å²) in [5.74, 6) is 0. The molecule has 2 aromatic carbocycles. The number of amides is 1. The molecule has 3 rings (SSSR count). The van der Waals surface area contributed by atoms with Crippen molar-refractivity contribution in [2.45, 2.75) is 25.4 Å². The normalized spacial score (nSPS) is 17.0. The second kappa shape index (κ2) is 9.06. The van der Waals surface area contributed by atoms with Gasteiger partial charge in [0.25, 0.3) is 0 Å². The Morgan fingerprint density at radius 2 is 1.85 bits per heavy atom. The molecule has 1 atom stereocenters. The maximum atomic E-state index is 12.0. The molecule has 1 amide bonds. The minimum atomic E-state index is -0.201. The predicted molar refractivity (Wildman–Crippen MR) is 104 cm³/mol. The topological polar surface area (TPSA) is 32.8 Å². The number of ether oxygens (including phenoxy) is 1. The van der Waals surface area contributed by atoms with Crippen molar-refractivity contribution >= 4 is 17.7 Å². The van der Waals surface area contributed by atoms with Gasteiger partial charge in [0.1, 0.15) is 6.61 Å². The highest BCUT2D eigenvalue weighted by molar-refractivity contribution is 6.30. The third-order valence-electron chi connectivity index (χ3n) is 4.71. The van der Waals surface area contributed by atoms with E-state index >= 15 is 0 Å². The zero-order valence-corrected chi connectivity index (χ0v) is 15.9. The number of rotatable bonds is 8. The maximum absolute atomic E-state index is 12.0. The van der Waals surface area contributed by atoms with Crippen molar-refractivity contribution < 1.29 is 9.53 Å². The van der Waals surface area contributed by atoms with Gasteiger partial charge in [-0.3, -0.25) is 4.90 Å². The number of hydrogen-bond acceptors (Lipinski definition) is 3. The summed E-state index contributed by atoms with van der Waals surface area (Å²) in [6.07, 6.45) is 1.80. The first-order chi connectivity index (χ1) is 12.6. The van der Waals surface area contributed by atoms with Crippen molar-refractivity contribution in [3.8, 4) is 0 Å². The van der Waals surface area contributed by atoms with Crippen LogP contribution >= 0.6 is 11.6 Å². The largest absolute Gasteiger partial charge is 0.447 e. The Hall–Kier alpha value is -2.04. The fourth-order valence-corrected chi connectivity index (χ4v) is 3.42. The summed E-state index contributed by atoms with van der Waals surface area (Å²) in [5, 5.41) is 0.766. The number of carbonyl (C=O) groups excluding carboxylic acids is 1. The number of cyclic esters (lactones) is 1. The summed E-state index contributed by atoms with van der Waals surface area (Å²) in [5.41, 5.74) is 2.39. The molecule has 1 saturated heterocycles. The van der Waals surface area contributed by atoms with Crippen molar-refractivity contribution in [2.24, 2.45) is 0 Å². The summed E-state index contributed by atoms with van der Waals surface area (Å²) in [4.78, 5) is 16.2. The molecule has 1 fully saturated rings. The second-order valence-corrected chi connectivity index (χ2v) is 7.20. The van der Waals surface area contributed by atoms with Crippen LogP contribution < -0.4 is 0 Å². The quantitative estimate of drug-likeness (QED) is 0.627. The Morgan fingerprint density at radius 3 is 2.58 bits per heavy atom. The van der Waals surface area contributed by atoms with E-state index in [1.807, 2.05) is 35.2 Å². The fraction of sp³-hybridized carbons (Fsp3) is 0.381. The molecule has 138 valence electrons. The second-order valence-electron chi connectivity index (χ2n) is 6.77. The van der Waals surface area contributed by atoms with Crippen LogP contribution in [0.3, 0.4) is 0 Å². The van der Waals surface area contributed by atoms with Gasteiger partial charge in [-0.15, -0.1) is 0 Å². The van der Waals surface area contributed by atoms with E-state index in [1.54, 1.807) is 0 Å². The van der Waals surface area contributed by atoms with Crippen LogP contribution in [0.25, 0.3) is 0 Å². The minimum absolute atomic E-state index is 0.0375. The van der Waals surface area contributed by atoms with Gasteiger partial charge >= 0.3 is 6.09 Å². The molecule has 5 heteroatoms. The summed E-state index contributed by atoms with van der Waals surface area (Å²) < 4.78 is 5.27. The van der Waals surface area contributed by atoms with Crippen molar-refractivity contribution in [3.05, 3.63) is 70.7 Å². The zero-order valence-electron chi connectivity index (χ0n) is 15.1. The van der Waals surface area contributed by atoms with E-state index in [4.69, 9.17) is 16.3 Å². The van der Waals surface area contributed by atoms with Crippen LogP contribution in [-0.2, 0) is 11.3 Å². The number of halogens is 1. The molecule has 1 aliphatic heterocycles. The Morgan fingerprint density at radius 1 is 1.12 bits per heavy atom. The minimum Gasteiger partial charge on any atom is -0.447 e. The third kappa shape index (κ3) is 4.99. The summed E-state index contributed by atoms with van der Waals surface area (Å²) >= 11 is 5.92. The first kappa shape index (κ1) is 18.7. The van der Waals surface area contributed by atoms with Crippen molar-refractivity contribution in [3.63, 3.8) is 0 Å². The van der Waals surface area contributed by atoms with Gasteiger partial charge in [-0.25, -0.2) is 4.79 Å². The van der Waals surface area contributed by atoms with Crippen LogP contribution in [0.1, 0.15) is 30.0 Å². The van der Waals surface area contributed by atoms with Crippen LogP contribution in [0, 0.1) is 0 Å². The van der Waals surface area contributed by atoms with Gasteiger partial charge in [-0.05, 0) is 49.7 Å². The van der Waals surface area contributed by atoms with Crippen LogP contribution in [0.15, 0.2) is 54.6 Å². The molecule has 1 aliphatic rings. The van der Waals surface area contributed by atoms with E-state index < -0.39 is 0 Å². The first-order valence-electron chi connectivity index (χ1n) is 9.05. The van der Waals surface area contributed by atoms with Crippen molar-refractivity contribution in [2.75, 3.05) is 26.7 Å². The molecule has 1 unspecified atom stereocenters. The Balaban J connectivity index is 1.43. The van der Waals surface area contributed by atoms with E-state index in [-0.39, 0.29) is 12.1 Å². The van der Waals surface area contributed by atoms with Gasteiger partial charge in [0.2, 0.25) is 0 Å². The first-order valence-corrected chi connectivity index (χ1v) is 9.42. The zero-order chi connectivity index (χ0) is 18.4. The van der Waals surface area contributed by atoms with Gasteiger partial charge < -0.3 is 9.64 Å². The van der Waals surface area contributed by atoms with Crippen LogP contribution in [0.5, 0.6) is 0 Å². The molecule has 4 nitrogen and oxygen atoms in total. The average molecular weight is 373 g/mol. The average Bonchev–Trinajstić information content (AvgIpc) is 3.02. The number of benzene rings is 2. The lowest BCUT2D eigenvalue weighted by Crippen LogP contribution is -2.29. The molecular weight excluding hydrogens is 348 g/mol. The molecule has 0 aliphatic carbocycles. The predicted octanol–water partition coefficient (Wildman–Crippen LogP) is 4.75. The number of hydrogen-bond donors (Lipinski definition) is 0. The van der Waals surface area contributed by atoms with Gasteiger partial charge in [-0.1, -0.05) is 54.1 Å². The molecule has 0 spiro atoms. The Bertz CT molecular complexity index is 706. The Kier molecular flexibility index (Phi) is 6.53. The maximum Gasteiger partial charge on any atom is 0.410 e. The summed E-state index contributed by atoms with van der Waals surface area (Å²) in [6, 6.07) is 18.1.